The summed E-state index contributed by atoms with van der Waals surface area (Å²) in [5.74, 6) is 0.736. The number of nitrogens with zero attached hydrogens (tertiary/aromatic N) is 3. The van der Waals surface area contributed by atoms with Gasteiger partial charge in [-0.1, -0.05) is 44.2 Å². The molecule has 1 aromatic heterocycles. The van der Waals surface area contributed by atoms with Gasteiger partial charge in [0.05, 0.1) is 11.8 Å². The van der Waals surface area contributed by atoms with Crippen LogP contribution in [0.4, 0.5) is 0 Å². The van der Waals surface area contributed by atoms with E-state index in [1.54, 1.807) is 0 Å². The molecule has 0 bridgehead atoms. The molecule has 2 rings (SSSR count). The van der Waals surface area contributed by atoms with Gasteiger partial charge in [-0.3, -0.25) is 5.10 Å². The van der Waals surface area contributed by atoms with Crippen molar-refractivity contribution in [3.63, 3.8) is 0 Å². The van der Waals surface area contributed by atoms with Crippen LogP contribution in [-0.2, 0) is 23.1 Å². The van der Waals surface area contributed by atoms with Crippen molar-refractivity contribution in [2.45, 2.75) is 45.8 Å². The van der Waals surface area contributed by atoms with Crippen LogP contribution >= 0.6 is 0 Å². The van der Waals surface area contributed by atoms with Crippen molar-refractivity contribution < 1.29 is 13.5 Å². The minimum Gasteiger partial charge on any atom is -0.388 e. The smallest absolute Gasteiger partial charge is 0.212 e. The first kappa shape index (κ1) is 22.5. The van der Waals surface area contributed by atoms with Gasteiger partial charge in [0.15, 0.2) is 5.82 Å². The highest BCUT2D eigenvalue weighted by atomic mass is 32.2. The minimum absolute atomic E-state index is 0.0618. The Labute approximate surface area is 167 Å². The average molecular weight is 410 g/mol. The average Bonchev–Trinajstić information content (AvgIpc) is 3.18. The van der Waals surface area contributed by atoms with Gasteiger partial charge in [-0.15, -0.1) is 0 Å². The van der Waals surface area contributed by atoms with Crippen LogP contribution in [0, 0.1) is 0 Å². The molecule has 0 saturated heterocycles. The standard InChI is InChI=1S/C19H31N5O3S/c1-3-24(4-2)13-8-14-28(26,27)23-17(19-20-18(15-25)21-22-19)12-11-16-9-6-5-7-10-16/h5-7,9-10,17,23,25H,3-4,8,11-15H2,1-2H3,(H,20,21,22)/t17-/m1/s1. The fraction of sp³-hybridized carbons (Fsp3) is 0.579. The molecular weight excluding hydrogens is 378 g/mol. The van der Waals surface area contributed by atoms with Crippen LogP contribution in [0.15, 0.2) is 30.3 Å². The number of H-pyrrole nitrogens is 1. The number of aromatic nitrogens is 3. The Balaban J connectivity index is 2.03. The summed E-state index contributed by atoms with van der Waals surface area (Å²) < 4.78 is 28.0. The predicted octanol–water partition coefficient (Wildman–Crippen LogP) is 1.62. The molecule has 1 atom stereocenters. The molecule has 0 aliphatic carbocycles. The number of aromatic amines is 1. The minimum atomic E-state index is -3.47. The van der Waals surface area contributed by atoms with E-state index >= 15 is 0 Å². The molecule has 0 saturated carbocycles. The maximum absolute atomic E-state index is 12.6. The summed E-state index contributed by atoms with van der Waals surface area (Å²) in [6.07, 6.45) is 1.81. The van der Waals surface area contributed by atoms with Crippen molar-refractivity contribution in [3.8, 4) is 0 Å². The molecule has 0 unspecified atom stereocenters. The van der Waals surface area contributed by atoms with E-state index in [0.29, 0.717) is 25.1 Å². The van der Waals surface area contributed by atoms with Crippen LogP contribution in [-0.4, -0.2) is 59.0 Å². The first-order valence-electron chi connectivity index (χ1n) is 9.75. The summed E-state index contributed by atoms with van der Waals surface area (Å²) >= 11 is 0. The van der Waals surface area contributed by atoms with E-state index in [2.05, 4.69) is 38.7 Å². The lowest BCUT2D eigenvalue weighted by Gasteiger charge is -2.19. The van der Waals surface area contributed by atoms with Gasteiger partial charge < -0.3 is 10.0 Å². The fourth-order valence-corrected chi connectivity index (χ4v) is 4.33. The summed E-state index contributed by atoms with van der Waals surface area (Å²) in [7, 11) is -3.47. The van der Waals surface area contributed by atoms with Gasteiger partial charge in [-0.25, -0.2) is 18.1 Å². The lowest BCUT2D eigenvalue weighted by Crippen LogP contribution is -2.33. The second-order valence-electron chi connectivity index (χ2n) is 6.69. The fourth-order valence-electron chi connectivity index (χ4n) is 3.04. The number of hydrogen-bond acceptors (Lipinski definition) is 6. The van der Waals surface area contributed by atoms with Crippen LogP contribution in [0.2, 0.25) is 0 Å². The zero-order chi connectivity index (χ0) is 20.4. The molecule has 8 nitrogen and oxygen atoms in total. The largest absolute Gasteiger partial charge is 0.388 e. The highest BCUT2D eigenvalue weighted by Gasteiger charge is 2.22. The summed E-state index contributed by atoms with van der Waals surface area (Å²) in [4.78, 5) is 6.41. The monoisotopic (exact) mass is 409 g/mol. The predicted molar refractivity (Wildman–Crippen MR) is 109 cm³/mol. The summed E-state index contributed by atoms with van der Waals surface area (Å²) in [5.41, 5.74) is 1.12. The number of aryl methyl sites for hydroxylation is 1. The van der Waals surface area contributed by atoms with Crippen LogP contribution in [0.5, 0.6) is 0 Å². The Bertz CT molecular complexity index is 791. The quantitative estimate of drug-likeness (QED) is 0.464. The van der Waals surface area contributed by atoms with E-state index in [9.17, 15) is 13.5 Å². The number of rotatable bonds is 13. The molecule has 156 valence electrons. The topological polar surface area (TPSA) is 111 Å². The number of hydrogen-bond donors (Lipinski definition) is 3. The second-order valence-corrected chi connectivity index (χ2v) is 8.56. The van der Waals surface area contributed by atoms with E-state index in [-0.39, 0.29) is 18.2 Å². The molecule has 0 aliphatic rings. The van der Waals surface area contributed by atoms with Crippen molar-refractivity contribution >= 4 is 10.0 Å². The Kier molecular flexibility index (Phi) is 9.04. The summed E-state index contributed by atoms with van der Waals surface area (Å²) in [6, 6.07) is 9.36. The molecule has 0 amide bonds. The molecule has 1 aromatic carbocycles. The van der Waals surface area contributed by atoms with Crippen LogP contribution in [0.3, 0.4) is 0 Å². The molecule has 0 fully saturated rings. The molecule has 3 N–H and O–H groups in total. The number of nitrogens with one attached hydrogen (secondary N) is 2. The Morgan fingerprint density at radius 1 is 1.21 bits per heavy atom. The molecule has 2 aromatic rings. The van der Waals surface area contributed by atoms with Gasteiger partial charge in [0.25, 0.3) is 0 Å². The molecular formula is C19H31N5O3S. The normalized spacial score (nSPS) is 13.1. The Hall–Kier alpha value is -1.81. The highest BCUT2D eigenvalue weighted by Crippen LogP contribution is 2.18. The molecule has 28 heavy (non-hydrogen) atoms. The van der Waals surface area contributed by atoms with Crippen LogP contribution in [0.25, 0.3) is 0 Å². The molecule has 9 heteroatoms. The van der Waals surface area contributed by atoms with Crippen LogP contribution < -0.4 is 4.72 Å². The number of aliphatic hydroxyl groups excluding tert-OH is 1. The van der Waals surface area contributed by atoms with Gasteiger partial charge >= 0.3 is 0 Å². The summed E-state index contributed by atoms with van der Waals surface area (Å²) in [5, 5.41) is 15.9. The lowest BCUT2D eigenvalue weighted by molar-refractivity contribution is 0.271. The van der Waals surface area contributed by atoms with Crippen molar-refractivity contribution in [1.82, 2.24) is 24.8 Å². The summed E-state index contributed by atoms with van der Waals surface area (Å²) in [6.45, 7) is 6.41. The third-order valence-corrected chi connectivity index (χ3v) is 6.16. The molecule has 0 aliphatic heterocycles. The zero-order valence-corrected chi connectivity index (χ0v) is 17.5. The van der Waals surface area contributed by atoms with Crippen LogP contribution in [0.1, 0.15) is 49.9 Å². The lowest BCUT2D eigenvalue weighted by atomic mass is 10.1. The first-order valence-corrected chi connectivity index (χ1v) is 11.4. The van der Waals surface area contributed by atoms with Gasteiger partial charge in [0.2, 0.25) is 10.0 Å². The number of sulfonamides is 1. The number of benzene rings is 1. The van der Waals surface area contributed by atoms with Gasteiger partial charge in [-0.2, -0.15) is 5.10 Å². The molecule has 0 radical (unpaired) electrons. The van der Waals surface area contributed by atoms with E-state index in [0.717, 1.165) is 25.2 Å². The van der Waals surface area contributed by atoms with E-state index in [1.165, 1.54) is 0 Å². The first-order chi connectivity index (χ1) is 13.5. The highest BCUT2D eigenvalue weighted by molar-refractivity contribution is 7.89. The maximum atomic E-state index is 12.6. The number of aliphatic hydroxyl groups is 1. The third-order valence-electron chi connectivity index (χ3n) is 4.69. The van der Waals surface area contributed by atoms with Crippen molar-refractivity contribution in [2.24, 2.45) is 0 Å². The van der Waals surface area contributed by atoms with Crippen molar-refractivity contribution in [1.29, 1.82) is 0 Å². The van der Waals surface area contributed by atoms with Gasteiger partial charge in [0, 0.05) is 0 Å². The molecule has 0 spiro atoms. The van der Waals surface area contributed by atoms with Crippen molar-refractivity contribution in [3.05, 3.63) is 47.5 Å². The Morgan fingerprint density at radius 3 is 2.54 bits per heavy atom. The van der Waals surface area contributed by atoms with Gasteiger partial charge in [0.1, 0.15) is 12.4 Å². The molecule has 1 heterocycles. The SMILES string of the molecule is CCN(CC)CCCS(=O)(=O)N[C@H](CCc1ccccc1)c1nc(CO)n[nH]1. The van der Waals surface area contributed by atoms with E-state index in [4.69, 9.17) is 0 Å². The van der Waals surface area contributed by atoms with E-state index in [1.807, 2.05) is 30.3 Å². The van der Waals surface area contributed by atoms with Crippen molar-refractivity contribution in [2.75, 3.05) is 25.4 Å². The second kappa shape index (κ2) is 11.3. The third kappa shape index (κ3) is 7.31. The van der Waals surface area contributed by atoms with E-state index < -0.39 is 16.1 Å². The Morgan fingerprint density at radius 2 is 1.93 bits per heavy atom. The van der Waals surface area contributed by atoms with Gasteiger partial charge in [-0.05, 0) is 44.5 Å². The maximum Gasteiger partial charge on any atom is 0.212 e. The zero-order valence-electron chi connectivity index (χ0n) is 16.6.